The molecule has 2 rings (SSSR count). The van der Waals surface area contributed by atoms with Crippen LogP contribution in [0, 0.1) is 13.8 Å². The Morgan fingerprint density at radius 2 is 1.28 bits per heavy atom. The molecule has 0 aliphatic heterocycles. The van der Waals surface area contributed by atoms with E-state index in [1.165, 1.54) is 12.3 Å². The van der Waals surface area contributed by atoms with Crippen molar-refractivity contribution in [1.82, 2.24) is 0 Å². The molecule has 12 heteroatoms. The number of hydrogen-bond donors (Lipinski definition) is 1. The highest BCUT2D eigenvalue weighted by Crippen LogP contribution is 2.22. The number of rotatable bonds is 3. The Balaban J connectivity index is 0.000000442. The predicted molar refractivity (Wildman–Crippen MR) is 125 cm³/mol. The lowest BCUT2D eigenvalue weighted by Gasteiger charge is -2.02. The average molecular weight is 658 g/mol. The van der Waals surface area contributed by atoms with Crippen LogP contribution in [0.5, 0.6) is 0 Å². The molecule has 1 N–H and O–H groups in total. The van der Waals surface area contributed by atoms with Gasteiger partial charge in [-0.05, 0) is 61.4 Å². The maximum absolute atomic E-state index is 11.1. The lowest BCUT2D eigenvalue weighted by Crippen LogP contribution is -1.99. The van der Waals surface area contributed by atoms with E-state index >= 15 is 0 Å². The Morgan fingerprint density at radius 3 is 1.52 bits per heavy atom. The zero-order valence-electron chi connectivity index (χ0n) is 15.5. The summed E-state index contributed by atoms with van der Waals surface area (Å²) in [5, 5.41) is 7.71. The van der Waals surface area contributed by atoms with Gasteiger partial charge in [0.15, 0.2) is 9.84 Å². The van der Waals surface area contributed by atoms with Gasteiger partial charge in [-0.15, -0.1) is 0 Å². The molecule has 0 aliphatic rings. The number of aryl methyl sites for hydroxylation is 2. The number of benzene rings is 2. The van der Waals surface area contributed by atoms with Crippen LogP contribution < -0.4 is 0 Å². The van der Waals surface area contributed by atoms with Crippen LogP contribution in [-0.2, 0) is 23.7 Å². The Hall–Kier alpha value is -0.460. The highest BCUT2D eigenvalue weighted by atomic mass is 79.9. The van der Waals surface area contributed by atoms with E-state index in [1.54, 1.807) is 44.2 Å². The summed E-state index contributed by atoms with van der Waals surface area (Å²) >= 11 is 9.21. The molecule has 0 radical (unpaired) electrons. The Kier molecular flexibility index (Phi) is 12.2. The third-order valence-corrected chi connectivity index (χ3v) is 7.26. The van der Waals surface area contributed by atoms with Crippen molar-refractivity contribution in [3.05, 3.63) is 56.5 Å². The number of carboxylic acids is 1. The minimum Gasteiger partial charge on any atom is -0.481 e. The van der Waals surface area contributed by atoms with E-state index < -0.39 is 24.9 Å². The summed E-state index contributed by atoms with van der Waals surface area (Å²) < 4.78 is 45.9. The molecule has 0 aromatic heterocycles. The second-order valence-electron chi connectivity index (χ2n) is 5.56. The maximum atomic E-state index is 11.1. The quantitative estimate of drug-likeness (QED) is 0.355. The summed E-state index contributed by atoms with van der Waals surface area (Å²) in [7, 11) is -1.50. The number of halogens is 4. The van der Waals surface area contributed by atoms with E-state index in [0.717, 1.165) is 14.5 Å². The van der Waals surface area contributed by atoms with Gasteiger partial charge in [-0.25, -0.2) is 16.8 Å². The zero-order chi connectivity index (χ0) is 23.0. The fourth-order valence-electron chi connectivity index (χ4n) is 1.92. The number of carbonyl (C=O) groups is 1. The van der Waals surface area contributed by atoms with Crippen molar-refractivity contribution in [3.63, 3.8) is 0 Å². The first-order chi connectivity index (χ1) is 13.1. The van der Waals surface area contributed by atoms with E-state index in [1.807, 2.05) is 0 Å². The van der Waals surface area contributed by atoms with Crippen LogP contribution in [0.4, 0.5) is 0 Å². The van der Waals surface area contributed by atoms with E-state index in [9.17, 15) is 21.6 Å². The second-order valence-corrected chi connectivity index (χ2v) is 12.5. The van der Waals surface area contributed by atoms with Crippen LogP contribution in [0.25, 0.3) is 0 Å². The van der Waals surface area contributed by atoms with Gasteiger partial charge in [0.05, 0.1) is 9.79 Å². The first kappa shape index (κ1) is 28.5. The molecule has 0 heterocycles. The summed E-state index contributed by atoms with van der Waals surface area (Å²) in [5.41, 5.74) is 1.41. The monoisotopic (exact) mass is 654 g/mol. The molecule has 0 unspecified atom stereocenters. The highest BCUT2D eigenvalue weighted by molar-refractivity contribution is 9.10. The van der Waals surface area contributed by atoms with E-state index in [0.29, 0.717) is 10.5 Å². The van der Waals surface area contributed by atoms with Crippen molar-refractivity contribution in [2.24, 2.45) is 0 Å². The van der Waals surface area contributed by atoms with Crippen LogP contribution >= 0.6 is 58.5 Å². The van der Waals surface area contributed by atoms with Crippen LogP contribution in [-0.4, -0.2) is 39.5 Å². The lowest BCUT2D eigenvalue weighted by atomic mass is 10.2. The molecular weight excluding hydrogens is 639 g/mol. The van der Waals surface area contributed by atoms with Gasteiger partial charge < -0.3 is 5.11 Å². The van der Waals surface area contributed by atoms with Gasteiger partial charge in [0.1, 0.15) is 5.33 Å². The molecule has 0 spiro atoms. The van der Waals surface area contributed by atoms with Crippen LogP contribution in [0.3, 0.4) is 0 Å². The molecule has 0 bridgehead atoms. The summed E-state index contributed by atoms with van der Waals surface area (Å²) in [6.45, 7) is 3.47. The molecule has 0 fully saturated rings. The minimum absolute atomic E-state index is 0.0347. The van der Waals surface area contributed by atoms with Crippen molar-refractivity contribution in [3.8, 4) is 0 Å². The summed E-state index contributed by atoms with van der Waals surface area (Å²) in [6.07, 6.45) is 1.21. The molecule has 162 valence electrons. The van der Waals surface area contributed by atoms with Gasteiger partial charge in [-0.1, -0.05) is 47.8 Å². The third kappa shape index (κ3) is 11.5. The number of hydrogen-bond acceptors (Lipinski definition) is 5. The van der Waals surface area contributed by atoms with E-state index in [2.05, 4.69) is 47.8 Å². The topological polar surface area (TPSA) is 106 Å². The van der Waals surface area contributed by atoms with Crippen molar-refractivity contribution >= 4 is 83.3 Å². The van der Waals surface area contributed by atoms with Crippen molar-refractivity contribution in [2.75, 3.05) is 11.6 Å². The van der Waals surface area contributed by atoms with Crippen LogP contribution in [0.1, 0.15) is 11.1 Å². The van der Waals surface area contributed by atoms with Crippen LogP contribution in [0.2, 0.25) is 0 Å². The van der Waals surface area contributed by atoms with Gasteiger partial charge >= 0.3 is 5.97 Å². The summed E-state index contributed by atoms with van der Waals surface area (Å²) in [5.74, 6) is -0.829. The average Bonchev–Trinajstić information content (AvgIpc) is 2.53. The third-order valence-electron chi connectivity index (χ3n) is 3.05. The molecular formula is C17H18Br3ClO6S2. The minimum atomic E-state index is -3.60. The Labute approximate surface area is 200 Å². The molecule has 2 aromatic rings. The smallest absolute Gasteiger partial charge is 0.314 e. The first-order valence-corrected chi connectivity index (χ1v) is 14.4. The fourth-order valence-corrected chi connectivity index (χ4v) is 5.02. The van der Waals surface area contributed by atoms with Crippen molar-refractivity contribution < 1.29 is 26.7 Å². The number of alkyl halides is 1. The van der Waals surface area contributed by atoms with Gasteiger partial charge in [0.25, 0.3) is 9.05 Å². The molecule has 0 aliphatic carbocycles. The first-order valence-electron chi connectivity index (χ1n) is 7.54. The van der Waals surface area contributed by atoms with Gasteiger partial charge in [0.2, 0.25) is 0 Å². The van der Waals surface area contributed by atoms with Crippen molar-refractivity contribution in [2.45, 2.75) is 23.6 Å². The molecule has 29 heavy (non-hydrogen) atoms. The lowest BCUT2D eigenvalue weighted by molar-refractivity contribution is -0.133. The van der Waals surface area contributed by atoms with Gasteiger partial charge in [-0.2, -0.15) is 0 Å². The fraction of sp³-hybridized carbons (Fsp3) is 0.235. The zero-order valence-corrected chi connectivity index (χ0v) is 22.6. The summed E-state index contributed by atoms with van der Waals surface area (Å²) in [6, 6.07) is 9.94. The standard InChI is InChI=1S/C8H9BrO2S.C7H6BrClO2S.C2H3BrO2/c1-6-5-7(9)3-4-8(6)12(2,10)11;1-5-4-6(8)2-3-7(5)12(9,10)11;3-1-2(4)5/h3-5H,1-2H3;2-4H,1H3;1H2,(H,4,5). The number of aliphatic carboxylic acids is 1. The molecule has 0 atom stereocenters. The normalized spacial score (nSPS) is 10.9. The largest absolute Gasteiger partial charge is 0.481 e. The van der Waals surface area contributed by atoms with E-state index in [-0.39, 0.29) is 10.2 Å². The number of sulfone groups is 1. The van der Waals surface area contributed by atoms with Gasteiger partial charge in [0, 0.05) is 25.9 Å². The Bertz CT molecular complexity index is 991. The second kappa shape index (κ2) is 12.4. The van der Waals surface area contributed by atoms with Gasteiger partial charge in [-0.3, -0.25) is 4.79 Å². The van der Waals surface area contributed by atoms with Crippen LogP contribution in [0.15, 0.2) is 55.1 Å². The predicted octanol–water partition coefficient (Wildman–Crippen LogP) is 5.31. The SMILES string of the molecule is Cc1cc(Br)ccc1S(=O)(=O)Cl.Cc1cc(Br)ccc1S(C)(=O)=O.O=C(O)CBr. The van der Waals surface area contributed by atoms with E-state index in [4.69, 9.17) is 15.8 Å². The molecule has 0 saturated carbocycles. The highest BCUT2D eigenvalue weighted by Gasteiger charge is 2.12. The Morgan fingerprint density at radius 1 is 0.931 bits per heavy atom. The molecule has 0 amide bonds. The maximum Gasteiger partial charge on any atom is 0.314 e. The number of carboxylic acid groups (broad SMARTS) is 1. The summed E-state index contributed by atoms with van der Waals surface area (Å²) in [4.78, 5) is 9.87. The van der Waals surface area contributed by atoms with Crippen molar-refractivity contribution in [1.29, 1.82) is 0 Å². The molecule has 2 aromatic carbocycles. The molecule has 6 nitrogen and oxygen atoms in total. The molecule has 0 saturated heterocycles.